The number of nitrogens with one attached hydrogen (secondary N) is 3. The van der Waals surface area contributed by atoms with E-state index in [0.717, 1.165) is 75.7 Å². The second kappa shape index (κ2) is 11.3. The molecule has 3 N–H and O–H groups in total. The van der Waals surface area contributed by atoms with E-state index in [4.69, 9.17) is 9.72 Å². The fraction of sp³-hybridized carbons (Fsp3) is 0.267. The van der Waals surface area contributed by atoms with Gasteiger partial charge < -0.3 is 20.7 Å². The average Bonchev–Trinajstić information content (AvgIpc) is 3.39. The van der Waals surface area contributed by atoms with Gasteiger partial charge in [-0.15, -0.1) is 11.3 Å². The first-order valence-corrected chi connectivity index (χ1v) is 14.1. The van der Waals surface area contributed by atoms with Gasteiger partial charge in [0, 0.05) is 46.8 Å². The number of pyridine rings is 1. The van der Waals surface area contributed by atoms with Crippen LogP contribution in [0.15, 0.2) is 66.3 Å². The predicted octanol–water partition coefficient (Wildman–Crippen LogP) is 6.33. The number of aryl methyl sites for hydroxylation is 2. The van der Waals surface area contributed by atoms with Crippen molar-refractivity contribution in [2.45, 2.75) is 39.3 Å². The standard InChI is InChI=1S/C30H31N7OS/c1-19-10-11-23-24(7-3-9-26(23)34-17-22-18-39-20(2)35-22)28(19)38-29-25(8-5-14-32-29)27-12-15-33-30(37-27)36-21-6-4-13-31-16-21/h3,5,7-12,14-15,18,21,31,34H,4,6,13,16-17H2,1-2H3,(H,33,36,37)/t21-/m0/s1. The molecule has 1 aliphatic heterocycles. The Hall–Kier alpha value is -4.08. The van der Waals surface area contributed by atoms with E-state index in [9.17, 15) is 0 Å². The fourth-order valence-corrected chi connectivity index (χ4v) is 5.52. The summed E-state index contributed by atoms with van der Waals surface area (Å²) < 4.78 is 6.58. The Balaban J connectivity index is 1.30. The first-order chi connectivity index (χ1) is 19.1. The van der Waals surface area contributed by atoms with Crippen LogP contribution in [-0.4, -0.2) is 39.1 Å². The summed E-state index contributed by atoms with van der Waals surface area (Å²) in [5, 5.41) is 15.7. The Bertz CT molecular complexity index is 1600. The maximum atomic E-state index is 6.58. The van der Waals surface area contributed by atoms with Gasteiger partial charge in [-0.05, 0) is 63.1 Å². The lowest BCUT2D eigenvalue weighted by atomic mass is 10.0. The number of aromatic nitrogens is 4. The van der Waals surface area contributed by atoms with Crippen molar-refractivity contribution in [1.82, 2.24) is 25.3 Å². The normalized spacial score (nSPS) is 15.3. The van der Waals surface area contributed by atoms with Crippen molar-refractivity contribution in [2.75, 3.05) is 23.7 Å². The lowest BCUT2D eigenvalue weighted by Crippen LogP contribution is -2.38. The highest BCUT2D eigenvalue weighted by Gasteiger charge is 2.17. The Morgan fingerprint density at radius 2 is 1.95 bits per heavy atom. The first kappa shape index (κ1) is 25.2. The molecule has 0 saturated carbocycles. The zero-order valence-electron chi connectivity index (χ0n) is 22.1. The Kier molecular flexibility index (Phi) is 7.33. The molecule has 9 heteroatoms. The largest absolute Gasteiger partial charge is 0.437 e. The van der Waals surface area contributed by atoms with Crippen LogP contribution in [0, 0.1) is 13.8 Å². The number of benzene rings is 2. The fourth-order valence-electron chi connectivity index (χ4n) is 4.90. The summed E-state index contributed by atoms with van der Waals surface area (Å²) in [6.45, 7) is 6.72. The molecule has 1 aliphatic rings. The zero-order chi connectivity index (χ0) is 26.6. The van der Waals surface area contributed by atoms with Gasteiger partial charge in [-0.25, -0.2) is 19.9 Å². The summed E-state index contributed by atoms with van der Waals surface area (Å²) >= 11 is 1.66. The highest BCUT2D eigenvalue weighted by molar-refractivity contribution is 7.09. The number of hydrogen-bond donors (Lipinski definition) is 3. The smallest absolute Gasteiger partial charge is 0.228 e. The summed E-state index contributed by atoms with van der Waals surface area (Å²) in [6, 6.07) is 16.5. The van der Waals surface area contributed by atoms with E-state index < -0.39 is 0 Å². The summed E-state index contributed by atoms with van der Waals surface area (Å²) in [7, 11) is 0. The average molecular weight is 538 g/mol. The molecule has 3 aromatic heterocycles. The summed E-state index contributed by atoms with van der Waals surface area (Å²) in [4.78, 5) is 18.4. The minimum absolute atomic E-state index is 0.319. The van der Waals surface area contributed by atoms with E-state index in [-0.39, 0.29) is 0 Å². The molecule has 6 rings (SSSR count). The molecular weight excluding hydrogens is 506 g/mol. The number of rotatable bonds is 8. The highest BCUT2D eigenvalue weighted by atomic mass is 32.1. The van der Waals surface area contributed by atoms with Gasteiger partial charge in [0.05, 0.1) is 28.5 Å². The van der Waals surface area contributed by atoms with E-state index in [1.54, 1.807) is 23.7 Å². The molecule has 4 heterocycles. The maximum absolute atomic E-state index is 6.58. The van der Waals surface area contributed by atoms with Crippen LogP contribution >= 0.6 is 11.3 Å². The van der Waals surface area contributed by atoms with Crippen LogP contribution in [0.4, 0.5) is 11.6 Å². The molecule has 1 fully saturated rings. The van der Waals surface area contributed by atoms with Crippen LogP contribution in [0.2, 0.25) is 0 Å². The van der Waals surface area contributed by atoms with E-state index in [1.165, 1.54) is 0 Å². The number of fused-ring (bicyclic) bond motifs is 1. The number of hydrogen-bond acceptors (Lipinski definition) is 9. The molecule has 0 radical (unpaired) electrons. The monoisotopic (exact) mass is 537 g/mol. The molecule has 5 aromatic rings. The number of piperidine rings is 1. The van der Waals surface area contributed by atoms with Crippen LogP contribution in [0.3, 0.4) is 0 Å². The van der Waals surface area contributed by atoms with E-state index in [2.05, 4.69) is 67.5 Å². The van der Waals surface area contributed by atoms with Crippen molar-refractivity contribution in [3.8, 4) is 22.9 Å². The van der Waals surface area contributed by atoms with Crippen LogP contribution in [0.5, 0.6) is 11.6 Å². The number of thiazole rings is 1. The van der Waals surface area contributed by atoms with Crippen LogP contribution in [-0.2, 0) is 6.54 Å². The van der Waals surface area contributed by atoms with Crippen LogP contribution in [0.1, 0.15) is 29.1 Å². The van der Waals surface area contributed by atoms with Crippen LogP contribution in [0.25, 0.3) is 22.0 Å². The van der Waals surface area contributed by atoms with Gasteiger partial charge in [-0.3, -0.25) is 0 Å². The molecule has 0 spiro atoms. The number of ether oxygens (including phenoxy) is 1. The quantitative estimate of drug-likeness (QED) is 0.211. The SMILES string of the molecule is Cc1nc(CNc2cccc3c(Oc4ncccc4-c4ccnc(N[C@H]5CCCNC5)n4)c(C)ccc23)cs1. The predicted molar refractivity (Wildman–Crippen MR) is 158 cm³/mol. The van der Waals surface area contributed by atoms with Crippen molar-refractivity contribution in [1.29, 1.82) is 0 Å². The van der Waals surface area contributed by atoms with Crippen molar-refractivity contribution < 1.29 is 4.74 Å². The summed E-state index contributed by atoms with van der Waals surface area (Å²) in [6.07, 6.45) is 5.77. The van der Waals surface area contributed by atoms with Crippen LogP contribution < -0.4 is 20.7 Å². The second-order valence-corrected chi connectivity index (χ2v) is 10.8. The molecule has 0 aliphatic carbocycles. The minimum Gasteiger partial charge on any atom is -0.437 e. The summed E-state index contributed by atoms with van der Waals surface area (Å²) in [5.74, 6) is 1.90. The maximum Gasteiger partial charge on any atom is 0.228 e. The van der Waals surface area contributed by atoms with Gasteiger partial charge in [0.2, 0.25) is 11.8 Å². The lowest BCUT2D eigenvalue weighted by Gasteiger charge is -2.23. The van der Waals surface area contributed by atoms with Gasteiger partial charge in [0.1, 0.15) is 5.75 Å². The van der Waals surface area contributed by atoms with Gasteiger partial charge in [0.15, 0.2) is 0 Å². The Morgan fingerprint density at radius 3 is 2.79 bits per heavy atom. The number of anilines is 2. The highest BCUT2D eigenvalue weighted by Crippen LogP contribution is 2.38. The first-order valence-electron chi connectivity index (χ1n) is 13.2. The molecule has 0 amide bonds. The van der Waals surface area contributed by atoms with E-state index >= 15 is 0 Å². The van der Waals surface area contributed by atoms with Gasteiger partial charge >= 0.3 is 0 Å². The van der Waals surface area contributed by atoms with Gasteiger partial charge in [-0.2, -0.15) is 0 Å². The zero-order valence-corrected chi connectivity index (χ0v) is 22.9. The third kappa shape index (κ3) is 5.69. The molecule has 0 unspecified atom stereocenters. The lowest BCUT2D eigenvalue weighted by molar-refractivity contribution is 0.466. The molecular formula is C30H31N7OS. The summed E-state index contributed by atoms with van der Waals surface area (Å²) in [5.41, 5.74) is 4.68. The molecule has 0 bridgehead atoms. The van der Waals surface area contributed by atoms with E-state index in [1.807, 2.05) is 31.2 Å². The molecule has 8 nitrogen and oxygen atoms in total. The van der Waals surface area contributed by atoms with Gasteiger partial charge in [0.25, 0.3) is 0 Å². The van der Waals surface area contributed by atoms with Gasteiger partial charge in [-0.1, -0.05) is 24.3 Å². The number of nitrogens with zero attached hydrogens (tertiary/aromatic N) is 4. The van der Waals surface area contributed by atoms with Crippen molar-refractivity contribution in [2.24, 2.45) is 0 Å². The molecule has 1 atom stereocenters. The topological polar surface area (TPSA) is 96.9 Å². The van der Waals surface area contributed by atoms with E-state index in [0.29, 0.717) is 24.4 Å². The molecule has 2 aromatic carbocycles. The molecule has 198 valence electrons. The Morgan fingerprint density at radius 1 is 1.00 bits per heavy atom. The minimum atomic E-state index is 0.319. The second-order valence-electron chi connectivity index (χ2n) is 9.73. The Labute approximate surface area is 231 Å². The third-order valence-electron chi connectivity index (χ3n) is 6.87. The van der Waals surface area contributed by atoms with Crippen molar-refractivity contribution in [3.05, 3.63) is 82.6 Å². The third-order valence-corrected chi connectivity index (χ3v) is 7.69. The van der Waals surface area contributed by atoms with Crippen molar-refractivity contribution >= 4 is 33.7 Å². The molecule has 1 saturated heterocycles. The molecule has 39 heavy (non-hydrogen) atoms. The van der Waals surface area contributed by atoms with Crippen molar-refractivity contribution in [3.63, 3.8) is 0 Å².